The van der Waals surface area contributed by atoms with Gasteiger partial charge in [0.05, 0.1) is 6.61 Å². The van der Waals surface area contributed by atoms with Crippen molar-refractivity contribution >= 4 is 11.6 Å². The molecule has 0 saturated carbocycles. The number of rotatable bonds is 5. The maximum Gasteiger partial charge on any atom is 0.124 e. The van der Waals surface area contributed by atoms with E-state index in [1.54, 1.807) is 6.07 Å². The van der Waals surface area contributed by atoms with Crippen LogP contribution in [0.3, 0.4) is 0 Å². The minimum atomic E-state index is -0.608. The summed E-state index contributed by atoms with van der Waals surface area (Å²) >= 11 is 6.07. The Kier molecular flexibility index (Phi) is 4.76. The molecule has 0 amide bonds. The van der Waals surface area contributed by atoms with Crippen LogP contribution in [0.2, 0.25) is 5.02 Å². The SMILES string of the molecule is NCC(CO)(Cc1ccc(F)cc1Cl)c1ccccc1. The number of hydrogen-bond donors (Lipinski definition) is 2. The van der Waals surface area contributed by atoms with Gasteiger partial charge < -0.3 is 10.8 Å². The summed E-state index contributed by atoms with van der Waals surface area (Å²) in [6.45, 7) is 0.183. The van der Waals surface area contributed by atoms with Gasteiger partial charge in [-0.2, -0.15) is 0 Å². The highest BCUT2D eigenvalue weighted by Crippen LogP contribution is 2.30. The van der Waals surface area contributed by atoms with Gasteiger partial charge in [0.15, 0.2) is 0 Å². The lowest BCUT2D eigenvalue weighted by Gasteiger charge is -2.31. The molecule has 0 fully saturated rings. The first-order valence-corrected chi connectivity index (χ1v) is 6.79. The lowest BCUT2D eigenvalue weighted by Crippen LogP contribution is -2.41. The van der Waals surface area contributed by atoms with Gasteiger partial charge in [-0.05, 0) is 29.7 Å². The Balaban J connectivity index is 2.39. The van der Waals surface area contributed by atoms with Crippen LogP contribution in [0, 0.1) is 5.82 Å². The molecule has 0 bridgehead atoms. The van der Waals surface area contributed by atoms with E-state index in [-0.39, 0.29) is 19.0 Å². The molecule has 0 spiro atoms. The molecule has 0 aliphatic heterocycles. The van der Waals surface area contributed by atoms with Crippen LogP contribution in [-0.4, -0.2) is 18.3 Å². The summed E-state index contributed by atoms with van der Waals surface area (Å²) in [5.41, 5.74) is 7.02. The van der Waals surface area contributed by atoms with Crippen molar-refractivity contribution in [1.29, 1.82) is 0 Å². The van der Waals surface area contributed by atoms with E-state index in [9.17, 15) is 9.50 Å². The molecule has 0 heterocycles. The lowest BCUT2D eigenvalue weighted by atomic mass is 9.76. The van der Waals surface area contributed by atoms with Crippen molar-refractivity contribution in [2.45, 2.75) is 11.8 Å². The summed E-state index contributed by atoms with van der Waals surface area (Å²) < 4.78 is 13.1. The number of benzene rings is 2. The summed E-state index contributed by atoms with van der Waals surface area (Å²) in [5.74, 6) is -0.374. The molecular weight excluding hydrogens is 277 g/mol. The molecule has 3 N–H and O–H groups in total. The summed E-state index contributed by atoms with van der Waals surface area (Å²) in [5, 5.41) is 10.2. The molecule has 2 aromatic rings. The lowest BCUT2D eigenvalue weighted by molar-refractivity contribution is 0.196. The minimum Gasteiger partial charge on any atom is -0.395 e. The maximum atomic E-state index is 13.1. The van der Waals surface area contributed by atoms with Crippen molar-refractivity contribution in [2.75, 3.05) is 13.2 Å². The fourth-order valence-electron chi connectivity index (χ4n) is 2.33. The van der Waals surface area contributed by atoms with Gasteiger partial charge in [0.2, 0.25) is 0 Å². The van der Waals surface area contributed by atoms with Gasteiger partial charge >= 0.3 is 0 Å². The first kappa shape index (κ1) is 15.0. The van der Waals surface area contributed by atoms with Crippen molar-refractivity contribution in [3.05, 3.63) is 70.5 Å². The standard InChI is InChI=1S/C16H17ClFNO/c17-15-8-14(18)7-6-12(15)9-16(10-19,11-20)13-4-2-1-3-5-13/h1-8,20H,9-11,19H2. The van der Waals surface area contributed by atoms with E-state index in [4.69, 9.17) is 17.3 Å². The number of halogens is 2. The van der Waals surface area contributed by atoms with Crippen LogP contribution in [0.15, 0.2) is 48.5 Å². The Morgan fingerprint density at radius 1 is 1.15 bits per heavy atom. The molecule has 0 radical (unpaired) electrons. The molecule has 2 rings (SSSR count). The third-order valence-electron chi connectivity index (χ3n) is 3.62. The average Bonchev–Trinajstić information content (AvgIpc) is 2.48. The molecule has 0 aromatic heterocycles. The molecule has 106 valence electrons. The Bertz CT molecular complexity index is 570. The first-order chi connectivity index (χ1) is 9.61. The predicted molar refractivity (Wildman–Crippen MR) is 79.4 cm³/mol. The van der Waals surface area contributed by atoms with Gasteiger partial charge in [-0.3, -0.25) is 0 Å². The largest absolute Gasteiger partial charge is 0.395 e. The fraction of sp³-hybridized carbons (Fsp3) is 0.250. The monoisotopic (exact) mass is 293 g/mol. The third kappa shape index (κ3) is 3.01. The van der Waals surface area contributed by atoms with Crippen LogP contribution in [0.4, 0.5) is 4.39 Å². The van der Waals surface area contributed by atoms with Crippen LogP contribution < -0.4 is 5.73 Å². The van der Waals surface area contributed by atoms with E-state index in [1.165, 1.54) is 12.1 Å². The van der Waals surface area contributed by atoms with Gasteiger partial charge in [-0.25, -0.2) is 4.39 Å². The van der Waals surface area contributed by atoms with Gasteiger partial charge in [0.1, 0.15) is 5.82 Å². The highest BCUT2D eigenvalue weighted by atomic mass is 35.5. The van der Waals surface area contributed by atoms with E-state index in [1.807, 2.05) is 30.3 Å². The molecule has 1 unspecified atom stereocenters. The fourth-order valence-corrected chi connectivity index (χ4v) is 2.56. The van der Waals surface area contributed by atoms with Crippen molar-refractivity contribution in [1.82, 2.24) is 0 Å². The quantitative estimate of drug-likeness (QED) is 0.890. The Morgan fingerprint density at radius 2 is 1.85 bits per heavy atom. The second-order valence-corrected chi connectivity index (χ2v) is 5.33. The normalized spacial score (nSPS) is 14.0. The van der Waals surface area contributed by atoms with Crippen LogP contribution in [-0.2, 0) is 11.8 Å². The molecule has 2 nitrogen and oxygen atoms in total. The van der Waals surface area contributed by atoms with E-state index >= 15 is 0 Å². The predicted octanol–water partition coefficient (Wildman–Crippen LogP) is 2.91. The summed E-state index contributed by atoms with van der Waals surface area (Å²) in [4.78, 5) is 0. The zero-order valence-electron chi connectivity index (χ0n) is 11.0. The second-order valence-electron chi connectivity index (χ2n) is 4.92. The number of aliphatic hydroxyl groups excluding tert-OH is 1. The van der Waals surface area contributed by atoms with Crippen LogP contribution in [0.25, 0.3) is 0 Å². The Hall–Kier alpha value is -1.42. The number of hydrogen-bond acceptors (Lipinski definition) is 2. The zero-order valence-corrected chi connectivity index (χ0v) is 11.8. The molecule has 4 heteroatoms. The average molecular weight is 294 g/mol. The molecular formula is C16H17ClFNO. The van der Waals surface area contributed by atoms with Gasteiger partial charge in [-0.1, -0.05) is 48.0 Å². The molecule has 0 aliphatic rings. The second kappa shape index (κ2) is 6.35. The van der Waals surface area contributed by atoms with Crippen molar-refractivity contribution in [2.24, 2.45) is 5.73 Å². The van der Waals surface area contributed by atoms with E-state index < -0.39 is 5.41 Å². The topological polar surface area (TPSA) is 46.2 Å². The zero-order chi connectivity index (χ0) is 14.6. The highest BCUT2D eigenvalue weighted by Gasteiger charge is 2.31. The van der Waals surface area contributed by atoms with Gasteiger partial charge in [-0.15, -0.1) is 0 Å². The summed E-state index contributed by atoms with van der Waals surface area (Å²) in [7, 11) is 0. The van der Waals surface area contributed by atoms with Crippen LogP contribution in [0.1, 0.15) is 11.1 Å². The van der Waals surface area contributed by atoms with Gasteiger partial charge in [0, 0.05) is 17.0 Å². The molecule has 0 saturated heterocycles. The highest BCUT2D eigenvalue weighted by molar-refractivity contribution is 6.31. The molecule has 20 heavy (non-hydrogen) atoms. The Labute approximate surface area is 123 Å². The van der Waals surface area contributed by atoms with Crippen molar-refractivity contribution < 1.29 is 9.50 Å². The van der Waals surface area contributed by atoms with E-state index in [2.05, 4.69) is 0 Å². The van der Waals surface area contributed by atoms with E-state index in [0.29, 0.717) is 11.4 Å². The maximum absolute atomic E-state index is 13.1. The molecule has 0 aliphatic carbocycles. The molecule has 1 atom stereocenters. The summed E-state index contributed by atoms with van der Waals surface area (Å²) in [6, 6.07) is 13.9. The first-order valence-electron chi connectivity index (χ1n) is 6.42. The van der Waals surface area contributed by atoms with Crippen molar-refractivity contribution in [3.8, 4) is 0 Å². The third-order valence-corrected chi connectivity index (χ3v) is 3.98. The smallest absolute Gasteiger partial charge is 0.124 e. The van der Waals surface area contributed by atoms with E-state index in [0.717, 1.165) is 11.1 Å². The van der Waals surface area contributed by atoms with Crippen molar-refractivity contribution in [3.63, 3.8) is 0 Å². The van der Waals surface area contributed by atoms with Crippen LogP contribution >= 0.6 is 11.6 Å². The van der Waals surface area contributed by atoms with Gasteiger partial charge in [0.25, 0.3) is 0 Å². The Morgan fingerprint density at radius 3 is 2.40 bits per heavy atom. The van der Waals surface area contributed by atoms with Crippen LogP contribution in [0.5, 0.6) is 0 Å². The minimum absolute atomic E-state index is 0.0960. The number of nitrogens with two attached hydrogens (primary N) is 1. The molecule has 2 aromatic carbocycles. The summed E-state index contributed by atoms with van der Waals surface area (Å²) in [6.07, 6.45) is 0.461. The number of aliphatic hydroxyl groups is 1.